The van der Waals surface area contributed by atoms with Crippen molar-refractivity contribution in [3.05, 3.63) is 35.9 Å². The minimum atomic E-state index is 0.652. The summed E-state index contributed by atoms with van der Waals surface area (Å²) in [4.78, 5) is 3.91. The van der Waals surface area contributed by atoms with Gasteiger partial charge in [-0.1, -0.05) is 17.7 Å². The van der Waals surface area contributed by atoms with Crippen molar-refractivity contribution in [2.24, 2.45) is 0 Å². The van der Waals surface area contributed by atoms with Crippen molar-refractivity contribution in [2.75, 3.05) is 11.9 Å². The summed E-state index contributed by atoms with van der Waals surface area (Å²) in [5.74, 6) is 0. The Hall–Kier alpha value is -1.55. The van der Waals surface area contributed by atoms with Crippen LogP contribution in [0, 0.1) is 0 Å². The Bertz CT molecular complexity index is 439. The third-order valence-electron chi connectivity index (χ3n) is 2.00. The number of nitrogens with one attached hydrogen (secondary N) is 1. The van der Waals surface area contributed by atoms with Crippen LogP contribution in [-0.2, 0) is 0 Å². The van der Waals surface area contributed by atoms with E-state index in [4.69, 9.17) is 11.6 Å². The number of aromatic nitrogens is 3. The molecule has 0 bridgehead atoms. The van der Waals surface area contributed by atoms with Crippen LogP contribution >= 0.6 is 11.6 Å². The van der Waals surface area contributed by atoms with Gasteiger partial charge in [0.05, 0.1) is 10.7 Å². The molecule has 0 saturated carbocycles. The van der Waals surface area contributed by atoms with Crippen molar-refractivity contribution in [3.8, 4) is 5.69 Å². The molecule has 1 aromatic carbocycles. The first-order chi connectivity index (χ1) is 7.33. The Labute approximate surface area is 92.9 Å². The average Bonchev–Trinajstić information content (AvgIpc) is 2.71. The molecule has 78 valence electrons. The largest absolute Gasteiger partial charge is 0.384 e. The summed E-state index contributed by atoms with van der Waals surface area (Å²) in [6, 6.07) is 5.70. The summed E-state index contributed by atoms with van der Waals surface area (Å²) in [5, 5.41) is 7.96. The Morgan fingerprint density at radius 2 is 2.33 bits per heavy atom. The first kappa shape index (κ1) is 9.98. The van der Waals surface area contributed by atoms with Crippen LogP contribution in [0.15, 0.2) is 30.9 Å². The fourth-order valence-corrected chi connectivity index (χ4v) is 1.67. The second-order valence-corrected chi connectivity index (χ2v) is 3.41. The van der Waals surface area contributed by atoms with E-state index >= 15 is 0 Å². The Morgan fingerprint density at radius 1 is 1.47 bits per heavy atom. The topological polar surface area (TPSA) is 42.7 Å². The van der Waals surface area contributed by atoms with E-state index in [-0.39, 0.29) is 0 Å². The van der Waals surface area contributed by atoms with E-state index in [0.717, 1.165) is 17.9 Å². The van der Waals surface area contributed by atoms with Crippen LogP contribution < -0.4 is 5.32 Å². The molecular weight excluding hydrogens is 212 g/mol. The molecule has 0 radical (unpaired) electrons. The molecule has 1 aromatic heterocycles. The number of halogens is 1. The molecule has 0 spiro atoms. The highest BCUT2D eigenvalue weighted by Gasteiger charge is 2.08. The summed E-state index contributed by atoms with van der Waals surface area (Å²) in [6.45, 7) is 2.87. The molecule has 1 N–H and O–H groups in total. The minimum Gasteiger partial charge on any atom is -0.384 e. The number of rotatable bonds is 3. The normalized spacial score (nSPS) is 10.3. The third kappa shape index (κ3) is 1.94. The number of nitrogens with zero attached hydrogens (tertiary/aromatic N) is 3. The van der Waals surface area contributed by atoms with E-state index < -0.39 is 0 Å². The van der Waals surface area contributed by atoms with E-state index in [9.17, 15) is 0 Å². The predicted molar refractivity (Wildman–Crippen MR) is 60.5 cm³/mol. The second kappa shape index (κ2) is 4.31. The molecule has 5 heteroatoms. The predicted octanol–water partition coefficient (Wildman–Crippen LogP) is 2.35. The van der Waals surface area contributed by atoms with Crippen LogP contribution in [-0.4, -0.2) is 21.3 Å². The van der Waals surface area contributed by atoms with Crippen LogP contribution in [0.4, 0.5) is 5.69 Å². The van der Waals surface area contributed by atoms with Gasteiger partial charge in [-0.05, 0) is 19.1 Å². The maximum absolute atomic E-state index is 6.13. The fraction of sp³-hybridized carbons (Fsp3) is 0.200. The lowest BCUT2D eigenvalue weighted by Crippen LogP contribution is -2.04. The van der Waals surface area contributed by atoms with E-state index in [0.29, 0.717) is 5.02 Å². The molecule has 0 atom stereocenters. The van der Waals surface area contributed by atoms with Crippen molar-refractivity contribution in [3.63, 3.8) is 0 Å². The van der Waals surface area contributed by atoms with Gasteiger partial charge in [-0.25, -0.2) is 9.67 Å². The van der Waals surface area contributed by atoms with Crippen LogP contribution in [0.2, 0.25) is 5.02 Å². The molecule has 15 heavy (non-hydrogen) atoms. The quantitative estimate of drug-likeness (QED) is 0.867. The molecule has 0 saturated heterocycles. The van der Waals surface area contributed by atoms with Gasteiger partial charge in [0.2, 0.25) is 0 Å². The van der Waals surface area contributed by atoms with Gasteiger partial charge < -0.3 is 5.32 Å². The van der Waals surface area contributed by atoms with E-state index in [2.05, 4.69) is 15.4 Å². The minimum absolute atomic E-state index is 0.652. The summed E-state index contributed by atoms with van der Waals surface area (Å²) < 4.78 is 1.65. The van der Waals surface area contributed by atoms with Gasteiger partial charge in [-0.2, -0.15) is 5.10 Å². The van der Waals surface area contributed by atoms with Crippen molar-refractivity contribution < 1.29 is 0 Å². The lowest BCUT2D eigenvalue weighted by atomic mass is 10.2. The number of benzene rings is 1. The second-order valence-electron chi connectivity index (χ2n) is 3.01. The van der Waals surface area contributed by atoms with E-state index in [1.165, 1.54) is 6.33 Å². The number of hydrogen-bond acceptors (Lipinski definition) is 3. The van der Waals surface area contributed by atoms with Crippen LogP contribution in [0.3, 0.4) is 0 Å². The highest BCUT2D eigenvalue weighted by molar-refractivity contribution is 6.33. The highest BCUT2D eigenvalue weighted by Crippen LogP contribution is 2.27. The molecule has 2 aromatic rings. The monoisotopic (exact) mass is 222 g/mol. The standard InChI is InChI=1S/C10H11ClN4/c1-2-13-9-5-3-4-8(11)10(9)15-7-12-6-14-15/h3-7,13H,2H2,1H3. The summed E-state index contributed by atoms with van der Waals surface area (Å²) in [6.07, 6.45) is 3.11. The summed E-state index contributed by atoms with van der Waals surface area (Å²) in [5.41, 5.74) is 1.79. The SMILES string of the molecule is CCNc1cccc(Cl)c1-n1cncn1. The van der Waals surface area contributed by atoms with Gasteiger partial charge in [0, 0.05) is 6.54 Å². The van der Waals surface area contributed by atoms with Gasteiger partial charge in [-0.15, -0.1) is 0 Å². The van der Waals surface area contributed by atoms with Gasteiger partial charge >= 0.3 is 0 Å². The number of para-hydroxylation sites is 1. The smallest absolute Gasteiger partial charge is 0.138 e. The lowest BCUT2D eigenvalue weighted by Gasteiger charge is -2.11. The van der Waals surface area contributed by atoms with Crippen molar-refractivity contribution >= 4 is 17.3 Å². The van der Waals surface area contributed by atoms with Crippen LogP contribution in [0.25, 0.3) is 5.69 Å². The molecule has 0 fully saturated rings. The first-order valence-electron chi connectivity index (χ1n) is 4.70. The van der Waals surface area contributed by atoms with Gasteiger partial charge in [-0.3, -0.25) is 0 Å². The van der Waals surface area contributed by atoms with Crippen molar-refractivity contribution in [1.29, 1.82) is 0 Å². The lowest BCUT2D eigenvalue weighted by molar-refractivity contribution is 0.879. The maximum Gasteiger partial charge on any atom is 0.138 e. The van der Waals surface area contributed by atoms with Crippen molar-refractivity contribution in [1.82, 2.24) is 14.8 Å². The Kier molecular flexibility index (Phi) is 2.87. The zero-order valence-corrected chi connectivity index (χ0v) is 9.07. The molecule has 4 nitrogen and oxygen atoms in total. The molecule has 1 heterocycles. The highest BCUT2D eigenvalue weighted by atomic mass is 35.5. The van der Waals surface area contributed by atoms with E-state index in [1.54, 1.807) is 11.0 Å². The number of hydrogen-bond donors (Lipinski definition) is 1. The Morgan fingerprint density at radius 3 is 3.00 bits per heavy atom. The number of anilines is 1. The zero-order valence-electron chi connectivity index (χ0n) is 8.31. The molecule has 0 unspecified atom stereocenters. The summed E-state index contributed by atoms with van der Waals surface area (Å²) in [7, 11) is 0. The fourth-order valence-electron chi connectivity index (χ4n) is 1.40. The van der Waals surface area contributed by atoms with Crippen LogP contribution in [0.5, 0.6) is 0 Å². The average molecular weight is 223 g/mol. The third-order valence-corrected chi connectivity index (χ3v) is 2.31. The molecule has 0 aliphatic carbocycles. The molecular formula is C10H11ClN4. The molecule has 2 rings (SSSR count). The molecule has 0 aliphatic heterocycles. The summed E-state index contributed by atoms with van der Waals surface area (Å²) >= 11 is 6.13. The zero-order chi connectivity index (χ0) is 10.7. The van der Waals surface area contributed by atoms with Gasteiger partial charge in [0.25, 0.3) is 0 Å². The Balaban J connectivity index is 2.52. The molecule has 0 aliphatic rings. The van der Waals surface area contributed by atoms with Gasteiger partial charge in [0.1, 0.15) is 18.3 Å². The van der Waals surface area contributed by atoms with E-state index in [1.807, 2.05) is 25.1 Å². The van der Waals surface area contributed by atoms with Gasteiger partial charge in [0.15, 0.2) is 0 Å². The first-order valence-corrected chi connectivity index (χ1v) is 5.08. The van der Waals surface area contributed by atoms with Crippen LogP contribution in [0.1, 0.15) is 6.92 Å². The van der Waals surface area contributed by atoms with Crippen molar-refractivity contribution in [2.45, 2.75) is 6.92 Å². The maximum atomic E-state index is 6.13. The molecule has 0 amide bonds.